The number of aryl methyl sites for hydroxylation is 4. The first kappa shape index (κ1) is 130. The number of hydrogen-bond donors (Lipinski definition) is 4. The molecule has 4 radical (unpaired) electrons. The summed E-state index contributed by atoms with van der Waals surface area (Å²) in [4.78, 5) is 81.9. The van der Waals surface area contributed by atoms with E-state index in [-0.39, 0.29) is 159 Å². The van der Waals surface area contributed by atoms with Crippen molar-refractivity contribution in [2.45, 2.75) is 305 Å². The Hall–Kier alpha value is -9.44. The molecule has 4 N–H and O–H groups in total. The summed E-state index contributed by atoms with van der Waals surface area (Å²) in [6, 6.07) is 61.8. The quantitative estimate of drug-likeness (QED) is 0.0449. The summed E-state index contributed by atoms with van der Waals surface area (Å²) in [6.45, 7) is 75.2. The molecule has 1 atom stereocenters. The second kappa shape index (κ2) is 55.0. The van der Waals surface area contributed by atoms with Gasteiger partial charge in [0.1, 0.15) is 40.0 Å². The molecule has 12 aromatic rings. The van der Waals surface area contributed by atoms with Gasteiger partial charge in [-0.05, 0) is 101 Å². The van der Waals surface area contributed by atoms with Crippen molar-refractivity contribution in [3.05, 3.63) is 287 Å². The van der Waals surface area contributed by atoms with Crippen LogP contribution in [0.1, 0.15) is 311 Å². The molecule has 0 bridgehead atoms. The number of pyridine rings is 8. The molecule has 0 aliphatic rings. The number of ketones is 4. The third kappa shape index (κ3) is 42.0. The van der Waals surface area contributed by atoms with E-state index in [0.29, 0.717) is 11.8 Å². The minimum atomic E-state index is -0.417. The minimum absolute atomic E-state index is 0. The second-order valence-corrected chi connectivity index (χ2v) is 45.5. The van der Waals surface area contributed by atoms with Crippen molar-refractivity contribution in [2.75, 3.05) is 0 Å². The van der Waals surface area contributed by atoms with Gasteiger partial charge in [-0.25, -0.2) is 15.0 Å². The molecular weight excluding hydrogens is 2460 g/mol. The van der Waals surface area contributed by atoms with Gasteiger partial charge >= 0.3 is 0 Å². The molecule has 0 spiro atoms. The Bertz CT molecular complexity index is 6050. The molecule has 16 nitrogen and oxygen atoms in total. The van der Waals surface area contributed by atoms with E-state index in [1.165, 1.54) is 52.1 Å². The van der Waals surface area contributed by atoms with Gasteiger partial charge in [0.25, 0.3) is 0 Å². The van der Waals surface area contributed by atoms with Crippen molar-refractivity contribution in [3.63, 3.8) is 0 Å². The van der Waals surface area contributed by atoms with Gasteiger partial charge in [0.05, 0.1) is 11.7 Å². The standard InChI is InChI=1S/C21H23N2.2C19H19N2.C18H17N2.4C11H20O2.4Ir/c1-5-21(4,6-2)18-12-15(3)11-17(13-18)19-8-7-16-9-10-22-14-20(16)23-19;1-13-10-15(12-16(11-13)19(2,3)4)17-8-7-14-6-5-9-20-18(14)21-17;1-4-14(3)16-10-13(2)11-17(12-16)18-8-7-15-6-5-9-20-19(15)21-18;1-12(2)15-9-13(3)10-16(11-15)17-7-6-14-5-4-8-19-18(14)20-17;4*1-10(2,3)8(12)7-9(13)11(4,5)6;;;;/h7-10,12-14H,5-6H2,1-4H3;5-9,11-12H,1-4H3;5-10,12,14H,4H2,1-3H3;4-9,11-12H,1-3H3;4*7,12H,1-6H3;;;;/q4*-1;;;;;;;;. The van der Waals surface area contributed by atoms with Crippen molar-refractivity contribution in [1.29, 1.82) is 0 Å². The Morgan fingerprint density at radius 3 is 0.894 bits per heavy atom. The molecule has 4 aromatic carbocycles. The fourth-order valence-corrected chi connectivity index (χ4v) is 12.4. The zero-order valence-corrected chi connectivity index (χ0v) is 101. The predicted octanol–water partition coefficient (Wildman–Crippen LogP) is 32.0. The molecule has 0 aliphatic heterocycles. The fourth-order valence-electron chi connectivity index (χ4n) is 12.4. The van der Waals surface area contributed by atoms with E-state index in [1.54, 1.807) is 24.8 Å². The van der Waals surface area contributed by atoms with Crippen LogP contribution in [0, 0.1) is 95.3 Å². The summed E-state index contributed by atoms with van der Waals surface area (Å²) in [5, 5.41) is 42.5. The number of fused-ring (bicyclic) bond motifs is 4. The molecule has 141 heavy (non-hydrogen) atoms. The van der Waals surface area contributed by atoms with Crippen molar-refractivity contribution < 1.29 is 120 Å². The number of hydrogen-bond acceptors (Lipinski definition) is 16. The molecule has 0 amide bonds. The average molecular weight is 2620 g/mol. The van der Waals surface area contributed by atoms with Gasteiger partial charge in [-0.15, -0.1) is 140 Å². The average Bonchev–Trinajstić information content (AvgIpc) is 0.826. The van der Waals surface area contributed by atoms with Crippen LogP contribution >= 0.6 is 0 Å². The molecule has 0 saturated heterocycles. The van der Waals surface area contributed by atoms with Gasteiger partial charge in [-0.2, -0.15) is 0 Å². The molecule has 8 aromatic heterocycles. The van der Waals surface area contributed by atoms with Crippen LogP contribution in [-0.4, -0.2) is 83.4 Å². The molecule has 0 fully saturated rings. The maximum atomic E-state index is 11.5. The fraction of sp³-hybridized carbons (Fsp3) is 0.438. The number of rotatable bonds is 14. The molecule has 0 saturated carbocycles. The van der Waals surface area contributed by atoms with Crippen LogP contribution in [0.15, 0.2) is 218 Å². The number of aromatic nitrogens is 8. The topological polar surface area (TPSA) is 252 Å². The first-order valence-electron chi connectivity index (χ1n) is 47.9. The van der Waals surface area contributed by atoms with E-state index in [1.807, 2.05) is 227 Å². The van der Waals surface area contributed by atoms with Crippen molar-refractivity contribution in [3.8, 4) is 45.0 Å². The smallest absolute Gasteiger partial charge is 0.164 e. The van der Waals surface area contributed by atoms with E-state index in [4.69, 9.17) is 4.98 Å². The van der Waals surface area contributed by atoms with Crippen LogP contribution in [0.4, 0.5) is 0 Å². The SMILES string of the molecule is CC(C)(C)C(=O)C=C(O)C(C)(C)C.CC(C)(C)C(=O)C=C(O)C(C)(C)C.CC(C)(C)C(=O)C=C(O)C(C)(C)C.CC(C)(C)C(=O)C=C(O)C(C)(C)C.CCC(C)(CC)c1cc(C)[c-]c(-c2ccc3ccncc3n2)c1.CCC(C)c1cc(C)[c-]c(-c2ccc3cccnc3n2)c1.Cc1[c-]c(-c2ccc3cccnc3n2)cc(C(C)(C)C)c1.Cc1[c-]c(-c2ccc3cccnc3n2)cc(C(C)C)c1.[Ir].[Ir].[Ir].[Ir]. The minimum Gasteiger partial charge on any atom is -0.512 e. The van der Waals surface area contributed by atoms with Gasteiger partial charge in [0, 0.05) is 194 Å². The zero-order valence-electron chi connectivity index (χ0n) is 91.1. The molecule has 770 valence electrons. The van der Waals surface area contributed by atoms with Crippen LogP contribution in [-0.2, 0) is 110 Å². The van der Waals surface area contributed by atoms with Crippen LogP contribution < -0.4 is 0 Å². The zero-order chi connectivity index (χ0) is 104. The third-order valence-corrected chi connectivity index (χ3v) is 23.1. The normalized spacial score (nSPS) is 12.5. The van der Waals surface area contributed by atoms with E-state index in [2.05, 4.69) is 241 Å². The number of aliphatic hydroxyl groups excluding tert-OH is 4. The maximum Gasteiger partial charge on any atom is 0.164 e. The Morgan fingerprint density at radius 1 is 0.326 bits per heavy atom. The van der Waals surface area contributed by atoms with Crippen LogP contribution in [0.5, 0.6) is 0 Å². The van der Waals surface area contributed by atoms with Gasteiger partial charge in [0.2, 0.25) is 0 Å². The molecule has 0 aliphatic carbocycles. The molecular formula is C121H158Ir4N8O8-4. The Labute approximate surface area is 899 Å². The van der Waals surface area contributed by atoms with Gasteiger partial charge < -0.3 is 20.4 Å². The van der Waals surface area contributed by atoms with Crippen molar-refractivity contribution >= 4 is 67.1 Å². The number of aliphatic hydroxyl groups is 4. The number of benzene rings is 4. The summed E-state index contributed by atoms with van der Waals surface area (Å²) < 4.78 is 0. The molecule has 1 unspecified atom stereocenters. The summed E-state index contributed by atoms with van der Waals surface area (Å²) in [5.41, 5.74) is 18.5. The van der Waals surface area contributed by atoms with E-state index in [0.717, 1.165) is 125 Å². The first-order valence-corrected chi connectivity index (χ1v) is 47.9. The Balaban J connectivity index is 0.000000812. The summed E-state index contributed by atoms with van der Waals surface area (Å²) >= 11 is 0. The van der Waals surface area contributed by atoms with Gasteiger partial charge in [-0.1, -0.05) is 318 Å². The Kier molecular flexibility index (Phi) is 50.6. The number of carbonyl (C=O) groups is 4. The molecule has 12 rings (SSSR count). The van der Waals surface area contributed by atoms with Crippen molar-refractivity contribution in [1.82, 2.24) is 39.9 Å². The Morgan fingerprint density at radius 2 is 0.603 bits per heavy atom. The third-order valence-electron chi connectivity index (χ3n) is 23.1. The maximum absolute atomic E-state index is 11.5. The predicted molar refractivity (Wildman–Crippen MR) is 572 cm³/mol. The first-order chi connectivity index (χ1) is 63.0. The monoisotopic (exact) mass is 2620 g/mol. The molecule has 8 heterocycles. The van der Waals surface area contributed by atoms with Gasteiger partial charge in [0.15, 0.2) is 23.1 Å². The van der Waals surface area contributed by atoms with Gasteiger partial charge in [-0.3, -0.25) is 44.1 Å². The number of nitrogens with zero attached hydrogens (tertiary/aromatic N) is 8. The number of allylic oxidation sites excluding steroid dienone is 8. The van der Waals surface area contributed by atoms with Crippen molar-refractivity contribution in [2.24, 2.45) is 43.3 Å². The number of carbonyl (C=O) groups excluding carboxylic acids is 4. The van der Waals surface area contributed by atoms with E-state index in [9.17, 15) is 39.6 Å². The largest absolute Gasteiger partial charge is 0.512 e. The molecule has 20 heteroatoms. The van der Waals surface area contributed by atoms with E-state index >= 15 is 0 Å². The second-order valence-electron chi connectivity index (χ2n) is 45.5. The summed E-state index contributed by atoms with van der Waals surface area (Å²) in [5.74, 6) is 1.47. The van der Waals surface area contributed by atoms with Crippen LogP contribution in [0.25, 0.3) is 89.0 Å². The van der Waals surface area contributed by atoms with E-state index < -0.39 is 21.7 Å². The van der Waals surface area contributed by atoms with Crippen LogP contribution in [0.2, 0.25) is 0 Å². The summed E-state index contributed by atoms with van der Waals surface area (Å²) in [7, 11) is 0. The summed E-state index contributed by atoms with van der Waals surface area (Å²) in [6.07, 6.45) is 17.7. The van der Waals surface area contributed by atoms with Crippen LogP contribution in [0.3, 0.4) is 0 Å².